The van der Waals surface area contributed by atoms with E-state index in [9.17, 15) is 14.7 Å². The van der Waals surface area contributed by atoms with Crippen molar-refractivity contribution in [3.8, 4) is 0 Å². The lowest BCUT2D eigenvalue weighted by atomic mass is 10.1. The largest absolute Gasteiger partial charge is 0.508 e. The second-order valence-electron chi connectivity index (χ2n) is 5.61. The molecule has 0 aromatic carbocycles. The smallest absolute Gasteiger partial charge is 0.408 e. The van der Waals surface area contributed by atoms with Crippen LogP contribution in [-0.2, 0) is 9.53 Å². The number of carbonyl (C=O) groups is 2. The first kappa shape index (κ1) is 18.8. The molecule has 0 saturated heterocycles. The minimum absolute atomic E-state index is 0.00470. The van der Waals surface area contributed by atoms with Gasteiger partial charge in [-0.25, -0.2) is 4.79 Å². The van der Waals surface area contributed by atoms with Crippen molar-refractivity contribution < 1.29 is 19.4 Å². The van der Waals surface area contributed by atoms with E-state index in [1.54, 1.807) is 33.8 Å². The van der Waals surface area contributed by atoms with E-state index >= 15 is 0 Å². The van der Waals surface area contributed by atoms with Crippen molar-refractivity contribution >= 4 is 12.0 Å². The molecule has 4 N–H and O–H groups in total. The average Bonchev–Trinajstić information content (AvgIpc) is 2.32. The number of carbonyl (C=O) groups excluding carboxylic acids is 2. The van der Waals surface area contributed by atoms with Gasteiger partial charge in [-0.05, 0) is 46.3 Å². The Morgan fingerprint density at radius 2 is 1.95 bits per heavy atom. The van der Waals surface area contributed by atoms with Crippen LogP contribution in [-0.4, -0.2) is 28.7 Å². The Bertz CT molecular complexity index is 459. The van der Waals surface area contributed by atoms with Crippen LogP contribution in [0.5, 0.6) is 0 Å². The van der Waals surface area contributed by atoms with E-state index in [1.165, 1.54) is 12.2 Å². The molecule has 2 amide bonds. The quantitative estimate of drug-likeness (QED) is 0.517. The van der Waals surface area contributed by atoms with Gasteiger partial charge in [0, 0.05) is 0 Å². The van der Waals surface area contributed by atoms with Crippen LogP contribution in [0.2, 0.25) is 0 Å². The van der Waals surface area contributed by atoms with Crippen molar-refractivity contribution in [1.29, 1.82) is 0 Å². The Balaban J connectivity index is 4.75. The Kier molecular flexibility index (Phi) is 7.27. The molecule has 0 aliphatic rings. The van der Waals surface area contributed by atoms with E-state index < -0.39 is 23.6 Å². The van der Waals surface area contributed by atoms with Crippen molar-refractivity contribution in [3.63, 3.8) is 0 Å². The van der Waals surface area contributed by atoms with Crippen LogP contribution < -0.4 is 11.1 Å². The van der Waals surface area contributed by atoms with Crippen LogP contribution in [0.3, 0.4) is 0 Å². The monoisotopic (exact) mass is 296 g/mol. The number of alkyl carbamates (subject to hydrolysis) is 1. The van der Waals surface area contributed by atoms with Crippen LogP contribution in [0, 0.1) is 0 Å². The number of hydrogen-bond donors (Lipinski definition) is 3. The van der Waals surface area contributed by atoms with E-state index in [1.807, 2.05) is 0 Å². The molecule has 1 atom stereocenters. The molecule has 0 bridgehead atoms. The van der Waals surface area contributed by atoms with Crippen LogP contribution in [0.1, 0.15) is 34.1 Å². The standard InChI is InChI=1S/C15H24N2O4/c1-6-11(18)8-7-10(2)9-12(13(16)19)17-14(20)21-15(3,4)5/h6-8,12,18H,1,9H2,2-5H3,(H2,16,19)(H,17,20)/b10-7+,11-8+. The van der Waals surface area contributed by atoms with Crippen LogP contribution in [0.4, 0.5) is 4.79 Å². The second kappa shape index (κ2) is 8.14. The van der Waals surface area contributed by atoms with Crippen molar-refractivity contribution in [1.82, 2.24) is 5.32 Å². The molecule has 118 valence electrons. The third kappa shape index (κ3) is 9.32. The Morgan fingerprint density at radius 1 is 1.38 bits per heavy atom. The maximum absolute atomic E-state index is 11.6. The fraction of sp³-hybridized carbons (Fsp3) is 0.467. The molecule has 0 aliphatic carbocycles. The zero-order valence-corrected chi connectivity index (χ0v) is 13.0. The summed E-state index contributed by atoms with van der Waals surface area (Å²) in [6, 6.07) is -0.879. The summed E-state index contributed by atoms with van der Waals surface area (Å²) in [4.78, 5) is 23.0. The summed E-state index contributed by atoms with van der Waals surface area (Å²) in [6.07, 6.45) is 3.85. The summed E-state index contributed by atoms with van der Waals surface area (Å²) in [5.41, 5.74) is 5.36. The number of aliphatic hydroxyl groups excluding tert-OH is 1. The summed E-state index contributed by atoms with van der Waals surface area (Å²) < 4.78 is 5.07. The molecule has 0 aromatic heterocycles. The molecule has 0 aliphatic heterocycles. The summed E-state index contributed by atoms with van der Waals surface area (Å²) in [5, 5.41) is 11.7. The van der Waals surface area contributed by atoms with Gasteiger partial charge in [0.2, 0.25) is 5.91 Å². The highest BCUT2D eigenvalue weighted by molar-refractivity contribution is 5.84. The highest BCUT2D eigenvalue weighted by atomic mass is 16.6. The van der Waals surface area contributed by atoms with Gasteiger partial charge in [-0.1, -0.05) is 18.2 Å². The zero-order chi connectivity index (χ0) is 16.6. The molecule has 0 radical (unpaired) electrons. The topological polar surface area (TPSA) is 102 Å². The van der Waals surface area contributed by atoms with Gasteiger partial charge in [0.1, 0.15) is 17.4 Å². The number of nitrogens with one attached hydrogen (secondary N) is 1. The zero-order valence-electron chi connectivity index (χ0n) is 13.0. The molecule has 0 fully saturated rings. The van der Waals surface area contributed by atoms with Gasteiger partial charge in [0.05, 0.1) is 0 Å². The van der Waals surface area contributed by atoms with E-state index in [-0.39, 0.29) is 12.2 Å². The molecule has 0 spiro atoms. The molecule has 0 rings (SSSR count). The fourth-order valence-electron chi connectivity index (χ4n) is 1.36. The van der Waals surface area contributed by atoms with E-state index in [0.717, 1.165) is 5.57 Å². The number of nitrogens with two attached hydrogens (primary N) is 1. The van der Waals surface area contributed by atoms with Gasteiger partial charge >= 0.3 is 6.09 Å². The van der Waals surface area contributed by atoms with Crippen LogP contribution in [0.15, 0.2) is 36.1 Å². The lowest BCUT2D eigenvalue weighted by molar-refractivity contribution is -0.120. The Morgan fingerprint density at radius 3 is 2.38 bits per heavy atom. The first-order valence-corrected chi connectivity index (χ1v) is 6.53. The Hall–Kier alpha value is -2.24. The normalized spacial score (nSPS) is 14.3. The van der Waals surface area contributed by atoms with E-state index in [4.69, 9.17) is 10.5 Å². The molecular formula is C15H24N2O4. The number of allylic oxidation sites excluding steroid dienone is 3. The lowest BCUT2D eigenvalue weighted by Gasteiger charge is -2.22. The van der Waals surface area contributed by atoms with Crippen molar-refractivity contribution in [2.24, 2.45) is 5.73 Å². The number of hydrogen-bond acceptors (Lipinski definition) is 4. The third-order valence-corrected chi connectivity index (χ3v) is 2.31. The SMILES string of the molecule is C=C/C(O)=C\C=C(/C)CC(NC(=O)OC(C)(C)C)C(N)=O. The van der Waals surface area contributed by atoms with Gasteiger partial charge in [0.25, 0.3) is 0 Å². The number of ether oxygens (including phenoxy) is 1. The average molecular weight is 296 g/mol. The van der Waals surface area contributed by atoms with Crippen molar-refractivity contribution in [2.75, 3.05) is 0 Å². The third-order valence-electron chi connectivity index (χ3n) is 2.31. The van der Waals surface area contributed by atoms with Gasteiger partial charge in [-0.15, -0.1) is 0 Å². The molecule has 6 nitrogen and oxygen atoms in total. The highest BCUT2D eigenvalue weighted by Gasteiger charge is 2.22. The fourth-order valence-corrected chi connectivity index (χ4v) is 1.36. The van der Waals surface area contributed by atoms with Gasteiger partial charge in [-0.2, -0.15) is 0 Å². The van der Waals surface area contributed by atoms with E-state index in [0.29, 0.717) is 0 Å². The minimum Gasteiger partial charge on any atom is -0.508 e. The van der Waals surface area contributed by atoms with Crippen LogP contribution in [0.25, 0.3) is 0 Å². The highest BCUT2D eigenvalue weighted by Crippen LogP contribution is 2.09. The molecule has 6 heteroatoms. The number of aliphatic hydroxyl groups is 1. The van der Waals surface area contributed by atoms with Crippen LogP contribution >= 0.6 is 0 Å². The first-order valence-electron chi connectivity index (χ1n) is 6.53. The molecule has 0 aromatic rings. The maximum atomic E-state index is 11.6. The molecular weight excluding hydrogens is 272 g/mol. The summed E-state index contributed by atoms with van der Waals surface area (Å²) in [5.74, 6) is -0.657. The summed E-state index contributed by atoms with van der Waals surface area (Å²) in [7, 11) is 0. The summed E-state index contributed by atoms with van der Waals surface area (Å²) >= 11 is 0. The first-order chi connectivity index (χ1) is 9.55. The van der Waals surface area contributed by atoms with Crippen molar-refractivity contribution in [3.05, 3.63) is 36.1 Å². The molecule has 0 saturated carbocycles. The predicted molar refractivity (Wildman–Crippen MR) is 81.6 cm³/mol. The molecule has 21 heavy (non-hydrogen) atoms. The number of amides is 2. The summed E-state index contributed by atoms with van der Waals surface area (Å²) in [6.45, 7) is 10.3. The minimum atomic E-state index is -0.879. The predicted octanol–water partition coefficient (Wildman–Crippen LogP) is 2.33. The second-order valence-corrected chi connectivity index (χ2v) is 5.61. The maximum Gasteiger partial charge on any atom is 0.408 e. The van der Waals surface area contributed by atoms with E-state index in [2.05, 4.69) is 11.9 Å². The Labute approximate surface area is 125 Å². The molecule has 0 heterocycles. The molecule has 1 unspecified atom stereocenters. The van der Waals surface area contributed by atoms with Gasteiger partial charge < -0.3 is 20.9 Å². The lowest BCUT2D eigenvalue weighted by Crippen LogP contribution is -2.46. The van der Waals surface area contributed by atoms with Gasteiger partial charge in [0.15, 0.2) is 0 Å². The number of rotatable bonds is 6. The van der Waals surface area contributed by atoms with Crippen molar-refractivity contribution in [2.45, 2.75) is 45.8 Å². The van der Waals surface area contributed by atoms with Gasteiger partial charge in [-0.3, -0.25) is 4.79 Å². The number of primary amides is 1.